The number of nitro benzene ring substituents is 1. The molecule has 1 unspecified atom stereocenters. The van der Waals surface area contributed by atoms with Crippen molar-refractivity contribution in [3.8, 4) is 0 Å². The number of Topliss-reactive ketones (excluding diaryl/α,β-unsaturated/α-hetero) is 1. The summed E-state index contributed by atoms with van der Waals surface area (Å²) in [6, 6.07) is 11.9. The zero-order valence-corrected chi connectivity index (χ0v) is 25.7. The molecular weight excluding hydrogens is 584 g/mol. The molecule has 0 aliphatic carbocycles. The van der Waals surface area contributed by atoms with E-state index in [4.69, 9.17) is 0 Å². The number of hydrogen-bond acceptors (Lipinski definition) is 5. The van der Waals surface area contributed by atoms with Crippen molar-refractivity contribution in [2.75, 3.05) is 6.54 Å². The zero-order valence-electron chi connectivity index (χ0n) is 24.2. The fraction of sp³-hybridized carbons (Fsp3) is 0.515. The number of rotatable bonds is 18. The molecule has 1 amide bonds. The second-order valence-electron chi connectivity index (χ2n) is 10.9. The third kappa shape index (κ3) is 9.52. The van der Waals surface area contributed by atoms with E-state index in [2.05, 4.69) is 22.9 Å². The van der Waals surface area contributed by atoms with Crippen molar-refractivity contribution in [3.05, 3.63) is 79.8 Å². The molecule has 1 aliphatic heterocycles. The molecule has 41 heavy (non-hydrogen) atoms. The molecule has 0 radical (unpaired) electrons. The molecule has 1 saturated heterocycles. The fourth-order valence-electron chi connectivity index (χ4n) is 5.51. The lowest BCUT2D eigenvalue weighted by molar-refractivity contribution is -0.384. The summed E-state index contributed by atoms with van der Waals surface area (Å²) in [5.74, 6) is -1.74. The van der Waals surface area contributed by atoms with Crippen molar-refractivity contribution < 1.29 is 19.6 Å². The smallest absolute Gasteiger partial charge is 0.295 e. The summed E-state index contributed by atoms with van der Waals surface area (Å²) >= 11 is 3.36. The Morgan fingerprint density at radius 2 is 1.39 bits per heavy atom. The number of benzene rings is 2. The van der Waals surface area contributed by atoms with Crippen molar-refractivity contribution in [1.29, 1.82) is 0 Å². The Kier molecular flexibility index (Phi) is 13.5. The lowest BCUT2D eigenvalue weighted by atomic mass is 9.95. The first-order valence-electron chi connectivity index (χ1n) is 15.1. The van der Waals surface area contributed by atoms with Crippen LogP contribution in [0.5, 0.6) is 0 Å². The van der Waals surface area contributed by atoms with Crippen LogP contribution in [-0.2, 0) is 9.59 Å². The first kappa shape index (κ1) is 32.5. The number of non-ortho nitro benzene ring substituents is 1. The standard InChI is InChI=1S/C33H43BrN2O5/c1-2-3-4-5-6-7-8-9-10-11-12-13-14-15-23-35-30(26-17-16-18-28(24-26)36(40)41)29(32(38)33(35)39)31(37)25-19-21-27(34)22-20-25/h16-22,24,30,37H,2-15,23H2,1H3. The molecule has 1 fully saturated rings. The molecule has 1 N–H and O–H groups in total. The quantitative estimate of drug-likeness (QED) is 0.0443. The molecule has 2 aromatic carbocycles. The number of nitro groups is 1. The van der Waals surface area contributed by atoms with Gasteiger partial charge in [-0.1, -0.05) is 131 Å². The number of carbonyl (C=O) groups excluding carboxylic acids is 2. The lowest BCUT2D eigenvalue weighted by Crippen LogP contribution is -2.30. The van der Waals surface area contributed by atoms with E-state index in [9.17, 15) is 24.8 Å². The van der Waals surface area contributed by atoms with Gasteiger partial charge in [0.2, 0.25) is 0 Å². The van der Waals surface area contributed by atoms with Crippen molar-refractivity contribution >= 4 is 39.1 Å². The molecule has 222 valence electrons. The summed E-state index contributed by atoms with van der Waals surface area (Å²) in [7, 11) is 0. The summed E-state index contributed by atoms with van der Waals surface area (Å²) in [5.41, 5.74) is 0.664. The number of carbonyl (C=O) groups is 2. The van der Waals surface area contributed by atoms with Gasteiger partial charge in [0.05, 0.1) is 16.5 Å². The van der Waals surface area contributed by atoms with Gasteiger partial charge in [0.1, 0.15) is 5.76 Å². The SMILES string of the molecule is CCCCCCCCCCCCCCCCN1C(=O)C(=O)C(=C(O)c2ccc(Br)cc2)C1c1cccc([N+](=O)[O-])c1. The molecule has 8 heteroatoms. The van der Waals surface area contributed by atoms with E-state index in [0.717, 1.165) is 23.7 Å². The molecule has 0 saturated carbocycles. The average molecular weight is 628 g/mol. The van der Waals surface area contributed by atoms with E-state index in [1.807, 2.05) is 0 Å². The van der Waals surface area contributed by atoms with Crippen LogP contribution in [0.1, 0.15) is 114 Å². The van der Waals surface area contributed by atoms with Crippen LogP contribution in [0.3, 0.4) is 0 Å². The van der Waals surface area contributed by atoms with Gasteiger partial charge in [0.15, 0.2) is 0 Å². The first-order valence-corrected chi connectivity index (χ1v) is 15.9. The molecule has 1 aliphatic rings. The number of aliphatic hydroxyl groups excluding tert-OH is 1. The average Bonchev–Trinajstić information content (AvgIpc) is 3.22. The maximum Gasteiger partial charge on any atom is 0.295 e. The summed E-state index contributed by atoms with van der Waals surface area (Å²) in [4.78, 5) is 38.8. The maximum absolute atomic E-state index is 13.2. The first-order chi connectivity index (χ1) is 19.8. The van der Waals surface area contributed by atoms with Gasteiger partial charge in [-0.2, -0.15) is 0 Å². The molecule has 0 spiro atoms. The van der Waals surface area contributed by atoms with Crippen molar-refractivity contribution in [2.24, 2.45) is 0 Å². The Labute approximate surface area is 252 Å². The lowest BCUT2D eigenvalue weighted by Gasteiger charge is -2.25. The van der Waals surface area contributed by atoms with Gasteiger partial charge >= 0.3 is 0 Å². The predicted octanol–water partition coefficient (Wildman–Crippen LogP) is 9.26. The Bertz CT molecular complexity index is 1190. The largest absolute Gasteiger partial charge is 0.507 e. The highest BCUT2D eigenvalue weighted by molar-refractivity contribution is 9.10. The highest BCUT2D eigenvalue weighted by Crippen LogP contribution is 2.40. The highest BCUT2D eigenvalue weighted by atomic mass is 79.9. The van der Waals surface area contributed by atoms with Gasteiger partial charge in [-0.3, -0.25) is 19.7 Å². The monoisotopic (exact) mass is 626 g/mol. The number of likely N-dealkylation sites (tertiary alicyclic amines) is 1. The van der Waals surface area contributed by atoms with Crippen LogP contribution in [0.4, 0.5) is 5.69 Å². The second kappa shape index (κ2) is 17.1. The molecule has 1 atom stereocenters. The Morgan fingerprint density at radius 3 is 1.93 bits per heavy atom. The van der Waals surface area contributed by atoms with Crippen LogP contribution in [0, 0.1) is 10.1 Å². The van der Waals surface area contributed by atoms with E-state index < -0.39 is 22.7 Å². The predicted molar refractivity (Wildman–Crippen MR) is 167 cm³/mol. The third-order valence-electron chi connectivity index (χ3n) is 7.81. The normalized spacial score (nSPS) is 16.4. The minimum atomic E-state index is -0.888. The van der Waals surface area contributed by atoms with Gasteiger partial charge in [0, 0.05) is 28.7 Å². The van der Waals surface area contributed by atoms with Gasteiger partial charge < -0.3 is 10.0 Å². The van der Waals surface area contributed by atoms with Crippen molar-refractivity contribution in [1.82, 2.24) is 4.90 Å². The summed E-state index contributed by atoms with van der Waals surface area (Å²) in [5, 5.41) is 22.6. The van der Waals surface area contributed by atoms with Crippen molar-refractivity contribution in [2.45, 2.75) is 103 Å². The van der Waals surface area contributed by atoms with Crippen LogP contribution in [0.2, 0.25) is 0 Å². The number of aliphatic hydroxyl groups is 1. The van der Waals surface area contributed by atoms with Crippen LogP contribution in [-0.4, -0.2) is 33.2 Å². The molecule has 0 aromatic heterocycles. The van der Waals surface area contributed by atoms with Gasteiger partial charge in [-0.05, 0) is 24.1 Å². The molecule has 0 bridgehead atoms. The molecule has 1 heterocycles. The molecular formula is C33H43BrN2O5. The Balaban J connectivity index is 1.59. The molecule has 2 aromatic rings. The van der Waals surface area contributed by atoms with Gasteiger partial charge in [-0.25, -0.2) is 0 Å². The Hall–Kier alpha value is -3.00. The number of hydrogen-bond donors (Lipinski definition) is 1. The van der Waals surface area contributed by atoms with Crippen LogP contribution in [0.15, 0.2) is 58.6 Å². The topological polar surface area (TPSA) is 101 Å². The number of amides is 1. The van der Waals surface area contributed by atoms with Crippen LogP contribution in [0.25, 0.3) is 5.76 Å². The van der Waals surface area contributed by atoms with Crippen LogP contribution < -0.4 is 0 Å². The minimum absolute atomic E-state index is 0.0387. The summed E-state index contributed by atoms with van der Waals surface area (Å²) in [6.45, 7) is 2.59. The number of halogens is 1. The van der Waals surface area contributed by atoms with Crippen molar-refractivity contribution in [3.63, 3.8) is 0 Å². The second-order valence-corrected chi connectivity index (χ2v) is 11.9. The van der Waals surface area contributed by atoms with Gasteiger partial charge in [-0.15, -0.1) is 0 Å². The fourth-order valence-corrected chi connectivity index (χ4v) is 5.77. The summed E-state index contributed by atoms with van der Waals surface area (Å²) < 4.78 is 0.808. The van der Waals surface area contributed by atoms with E-state index in [0.29, 0.717) is 24.1 Å². The molecule has 3 rings (SSSR count). The van der Waals surface area contributed by atoms with E-state index >= 15 is 0 Å². The number of ketones is 1. The number of unbranched alkanes of at least 4 members (excludes halogenated alkanes) is 13. The number of nitrogens with zero attached hydrogens (tertiary/aromatic N) is 2. The Morgan fingerprint density at radius 1 is 0.854 bits per heavy atom. The third-order valence-corrected chi connectivity index (χ3v) is 8.34. The maximum atomic E-state index is 13.2. The van der Waals surface area contributed by atoms with Gasteiger partial charge in [0.25, 0.3) is 17.4 Å². The minimum Gasteiger partial charge on any atom is -0.507 e. The summed E-state index contributed by atoms with van der Waals surface area (Å²) in [6.07, 6.45) is 17.0. The van der Waals surface area contributed by atoms with E-state index in [-0.39, 0.29) is 17.0 Å². The molecule has 7 nitrogen and oxygen atoms in total. The van der Waals surface area contributed by atoms with Crippen LogP contribution >= 0.6 is 15.9 Å². The van der Waals surface area contributed by atoms with E-state index in [1.165, 1.54) is 81.2 Å². The van der Waals surface area contributed by atoms with E-state index in [1.54, 1.807) is 36.4 Å². The zero-order chi connectivity index (χ0) is 29.6. The highest BCUT2D eigenvalue weighted by Gasteiger charge is 2.46.